The third-order valence-electron chi connectivity index (χ3n) is 5.77. The van der Waals surface area contributed by atoms with Gasteiger partial charge in [0.15, 0.2) is 5.96 Å². The van der Waals surface area contributed by atoms with E-state index in [1.54, 1.807) is 0 Å². The van der Waals surface area contributed by atoms with Crippen molar-refractivity contribution in [1.29, 1.82) is 0 Å². The zero-order valence-corrected chi connectivity index (χ0v) is 13.4. The van der Waals surface area contributed by atoms with Gasteiger partial charge in [0.05, 0.1) is 12.2 Å². The van der Waals surface area contributed by atoms with Crippen molar-refractivity contribution in [2.45, 2.75) is 57.8 Å². The Morgan fingerprint density at radius 3 is 2.81 bits per heavy atom. The van der Waals surface area contributed by atoms with Gasteiger partial charge in [-0.25, -0.2) is 0 Å². The van der Waals surface area contributed by atoms with E-state index in [0.29, 0.717) is 24.0 Å². The molecule has 3 N–H and O–H groups in total. The molecule has 3 fully saturated rings. The van der Waals surface area contributed by atoms with Crippen molar-refractivity contribution in [3.05, 3.63) is 0 Å². The lowest BCUT2D eigenvalue weighted by molar-refractivity contribution is -0.106. The van der Waals surface area contributed by atoms with Gasteiger partial charge >= 0.3 is 0 Å². The Balaban J connectivity index is 1.53. The molecule has 1 saturated heterocycles. The number of nitrogens with one attached hydrogen (secondary N) is 2. The van der Waals surface area contributed by atoms with Crippen LogP contribution >= 0.6 is 0 Å². The molecule has 5 unspecified atom stereocenters. The molecule has 5 atom stereocenters. The predicted octanol–water partition coefficient (Wildman–Crippen LogP) is 1.13. The summed E-state index contributed by atoms with van der Waals surface area (Å²) in [5.41, 5.74) is 0.158. The Hall–Kier alpha value is -0.810. The molecule has 3 rings (SSSR count). The van der Waals surface area contributed by atoms with E-state index in [0.717, 1.165) is 44.8 Å². The van der Waals surface area contributed by atoms with Crippen LogP contribution in [0.2, 0.25) is 0 Å². The molecule has 2 aliphatic carbocycles. The van der Waals surface area contributed by atoms with Gasteiger partial charge in [0.1, 0.15) is 0 Å². The highest BCUT2D eigenvalue weighted by atomic mass is 16.5. The first-order chi connectivity index (χ1) is 10.0. The Morgan fingerprint density at radius 2 is 2.14 bits per heavy atom. The normalized spacial score (nSPS) is 41.5. The number of aliphatic imine (C=N–C) groups is 1. The first-order valence-electron chi connectivity index (χ1n) is 8.31. The molecule has 21 heavy (non-hydrogen) atoms. The van der Waals surface area contributed by atoms with Crippen LogP contribution in [0.15, 0.2) is 4.99 Å². The van der Waals surface area contributed by atoms with Gasteiger partial charge in [-0.1, -0.05) is 20.3 Å². The first-order valence-corrected chi connectivity index (χ1v) is 8.31. The lowest BCUT2D eigenvalue weighted by atomic mass is 9.57. The molecular formula is C16H29N3O2. The van der Waals surface area contributed by atoms with E-state index in [2.05, 4.69) is 29.5 Å². The topological polar surface area (TPSA) is 65.9 Å². The third kappa shape index (κ3) is 2.66. The van der Waals surface area contributed by atoms with E-state index in [4.69, 9.17) is 4.74 Å². The van der Waals surface area contributed by atoms with Gasteiger partial charge in [-0.3, -0.25) is 4.99 Å². The van der Waals surface area contributed by atoms with Crippen LogP contribution in [0.5, 0.6) is 0 Å². The van der Waals surface area contributed by atoms with E-state index < -0.39 is 0 Å². The predicted molar refractivity (Wildman–Crippen MR) is 83.3 cm³/mol. The average Bonchev–Trinajstić information content (AvgIpc) is 3.07. The second-order valence-corrected chi connectivity index (χ2v) is 7.40. The van der Waals surface area contributed by atoms with Gasteiger partial charge in [-0.15, -0.1) is 0 Å². The summed E-state index contributed by atoms with van der Waals surface area (Å²) in [5.74, 6) is 1.83. The molecule has 0 radical (unpaired) electrons. The van der Waals surface area contributed by atoms with Crippen molar-refractivity contribution in [1.82, 2.24) is 10.6 Å². The van der Waals surface area contributed by atoms with Crippen LogP contribution in [0.1, 0.15) is 39.5 Å². The number of guanidine groups is 1. The van der Waals surface area contributed by atoms with E-state index in [1.807, 2.05) is 7.05 Å². The molecule has 0 aromatic carbocycles. The zero-order valence-electron chi connectivity index (χ0n) is 13.4. The maximum absolute atomic E-state index is 9.90. The largest absolute Gasteiger partial charge is 0.393 e. The number of aliphatic hydroxyl groups is 1. The third-order valence-corrected chi connectivity index (χ3v) is 5.77. The fourth-order valence-electron chi connectivity index (χ4n) is 4.44. The summed E-state index contributed by atoms with van der Waals surface area (Å²) < 4.78 is 5.83. The van der Waals surface area contributed by atoms with Crippen LogP contribution in [0.25, 0.3) is 0 Å². The molecule has 120 valence electrons. The number of hydrogen-bond acceptors (Lipinski definition) is 3. The minimum absolute atomic E-state index is 0.150. The Morgan fingerprint density at radius 1 is 1.33 bits per heavy atom. The van der Waals surface area contributed by atoms with E-state index in [9.17, 15) is 5.11 Å². The van der Waals surface area contributed by atoms with Crippen molar-refractivity contribution < 1.29 is 9.84 Å². The summed E-state index contributed by atoms with van der Waals surface area (Å²) in [6.07, 6.45) is 4.57. The molecule has 0 aromatic heterocycles. The van der Waals surface area contributed by atoms with Crippen LogP contribution in [-0.2, 0) is 4.74 Å². The Bertz CT molecular complexity index is 410. The van der Waals surface area contributed by atoms with Gasteiger partial charge in [-0.2, -0.15) is 0 Å². The number of fused-ring (bicyclic) bond motifs is 1. The number of hydrogen-bond donors (Lipinski definition) is 3. The highest BCUT2D eigenvalue weighted by Gasteiger charge is 2.59. The molecule has 0 aromatic rings. The molecule has 5 heteroatoms. The fourth-order valence-corrected chi connectivity index (χ4v) is 4.44. The number of nitrogens with zero attached hydrogens (tertiary/aromatic N) is 1. The van der Waals surface area contributed by atoms with E-state index in [-0.39, 0.29) is 11.5 Å². The van der Waals surface area contributed by atoms with Crippen molar-refractivity contribution in [3.8, 4) is 0 Å². The van der Waals surface area contributed by atoms with Gasteiger partial charge in [-0.05, 0) is 19.3 Å². The van der Waals surface area contributed by atoms with Crippen LogP contribution < -0.4 is 10.6 Å². The molecule has 3 aliphatic rings. The first kappa shape index (κ1) is 15.1. The van der Waals surface area contributed by atoms with Gasteiger partial charge in [0, 0.05) is 43.5 Å². The van der Waals surface area contributed by atoms with Crippen molar-refractivity contribution in [2.24, 2.45) is 22.2 Å². The van der Waals surface area contributed by atoms with Crippen LogP contribution in [0, 0.1) is 17.3 Å². The second kappa shape index (κ2) is 5.76. The molecule has 1 heterocycles. The molecule has 5 nitrogen and oxygen atoms in total. The molecule has 0 bridgehead atoms. The lowest BCUT2D eigenvalue weighted by Crippen LogP contribution is -2.68. The molecule has 0 spiro atoms. The van der Waals surface area contributed by atoms with Crippen molar-refractivity contribution in [3.63, 3.8) is 0 Å². The summed E-state index contributed by atoms with van der Waals surface area (Å²) in [5, 5.41) is 16.9. The smallest absolute Gasteiger partial charge is 0.191 e. The molecular weight excluding hydrogens is 266 g/mol. The summed E-state index contributed by atoms with van der Waals surface area (Å²) in [4.78, 5) is 4.35. The minimum atomic E-state index is -0.150. The molecule has 0 amide bonds. The van der Waals surface area contributed by atoms with Crippen molar-refractivity contribution >= 4 is 5.96 Å². The number of ether oxygens (including phenoxy) is 1. The molecule has 2 saturated carbocycles. The maximum Gasteiger partial charge on any atom is 0.191 e. The minimum Gasteiger partial charge on any atom is -0.393 e. The quantitative estimate of drug-likeness (QED) is 0.539. The van der Waals surface area contributed by atoms with Gasteiger partial charge in [0.2, 0.25) is 0 Å². The van der Waals surface area contributed by atoms with Gasteiger partial charge < -0.3 is 20.5 Å². The maximum atomic E-state index is 9.90. The standard InChI is InChI=1S/C16H29N3O2/c1-16(2)13(11-7-8-21-14(11)16)19-15(17-3)18-9-10-5-4-6-12(10)20/h10-14,20H,4-9H2,1-3H3,(H2,17,18,19). The number of rotatable bonds is 3. The summed E-state index contributed by atoms with van der Waals surface area (Å²) in [6, 6.07) is 0.421. The van der Waals surface area contributed by atoms with Crippen LogP contribution in [0.3, 0.4) is 0 Å². The summed E-state index contributed by atoms with van der Waals surface area (Å²) >= 11 is 0. The fraction of sp³-hybridized carbons (Fsp3) is 0.938. The van der Waals surface area contributed by atoms with E-state index >= 15 is 0 Å². The Kier molecular flexibility index (Phi) is 4.14. The average molecular weight is 295 g/mol. The number of aliphatic hydroxyl groups excluding tert-OH is 1. The monoisotopic (exact) mass is 295 g/mol. The summed E-state index contributed by atoms with van der Waals surface area (Å²) in [6.45, 7) is 6.23. The Labute approximate surface area is 127 Å². The zero-order chi connectivity index (χ0) is 15.0. The SMILES string of the molecule is CN=C(NCC1CCCC1O)NC1C2CCOC2C1(C)C. The molecule has 1 aliphatic heterocycles. The summed E-state index contributed by atoms with van der Waals surface area (Å²) in [7, 11) is 1.81. The van der Waals surface area contributed by atoms with Crippen LogP contribution in [-0.4, -0.2) is 49.5 Å². The lowest BCUT2D eigenvalue weighted by Gasteiger charge is -2.55. The second-order valence-electron chi connectivity index (χ2n) is 7.40. The van der Waals surface area contributed by atoms with Crippen LogP contribution in [0.4, 0.5) is 0 Å². The highest BCUT2D eigenvalue weighted by Crippen LogP contribution is 2.52. The van der Waals surface area contributed by atoms with E-state index in [1.165, 1.54) is 0 Å². The highest BCUT2D eigenvalue weighted by molar-refractivity contribution is 5.80. The van der Waals surface area contributed by atoms with Gasteiger partial charge in [0.25, 0.3) is 0 Å². The van der Waals surface area contributed by atoms with Crippen molar-refractivity contribution in [2.75, 3.05) is 20.2 Å².